The van der Waals surface area contributed by atoms with Crippen molar-refractivity contribution in [3.63, 3.8) is 0 Å². The Morgan fingerprint density at radius 1 is 1.42 bits per heavy atom. The number of amides is 1. The molecule has 1 saturated heterocycles. The molecule has 0 aliphatic carbocycles. The van der Waals surface area contributed by atoms with Gasteiger partial charge in [-0.15, -0.1) is 0 Å². The first kappa shape index (κ1) is 13.9. The Hall–Kier alpha value is -1.55. The Bertz CT molecular complexity index is 451. The van der Waals surface area contributed by atoms with Crippen molar-refractivity contribution in [1.82, 2.24) is 0 Å². The summed E-state index contributed by atoms with van der Waals surface area (Å²) in [7, 11) is 0. The number of hydrogen-bond donors (Lipinski definition) is 2. The lowest BCUT2D eigenvalue weighted by molar-refractivity contribution is -0.119. The number of carbonyl (C=O) groups is 1. The van der Waals surface area contributed by atoms with Crippen LogP contribution in [0.5, 0.6) is 0 Å². The summed E-state index contributed by atoms with van der Waals surface area (Å²) in [5.74, 6) is 0.244. The van der Waals surface area contributed by atoms with Crippen molar-refractivity contribution in [2.45, 2.75) is 32.8 Å². The van der Waals surface area contributed by atoms with Crippen LogP contribution in [-0.4, -0.2) is 24.1 Å². The van der Waals surface area contributed by atoms with Crippen LogP contribution in [0, 0.1) is 12.8 Å². The largest absolute Gasteiger partial charge is 0.392 e. The first-order valence-electron chi connectivity index (χ1n) is 6.83. The van der Waals surface area contributed by atoms with Crippen molar-refractivity contribution in [3.8, 4) is 0 Å². The number of rotatable bonds is 4. The van der Waals surface area contributed by atoms with Crippen molar-refractivity contribution >= 4 is 11.6 Å². The fourth-order valence-corrected chi connectivity index (χ4v) is 2.73. The second-order valence-electron chi connectivity index (χ2n) is 5.37. The van der Waals surface area contributed by atoms with Gasteiger partial charge < -0.3 is 15.7 Å². The Morgan fingerprint density at radius 2 is 2.11 bits per heavy atom. The van der Waals surface area contributed by atoms with Crippen LogP contribution >= 0.6 is 0 Å². The third-order valence-electron chi connectivity index (χ3n) is 3.97. The summed E-state index contributed by atoms with van der Waals surface area (Å²) < 4.78 is 0. The molecule has 0 aromatic heterocycles. The van der Waals surface area contributed by atoms with E-state index in [0.717, 1.165) is 37.1 Å². The van der Waals surface area contributed by atoms with E-state index in [-0.39, 0.29) is 12.5 Å². The van der Waals surface area contributed by atoms with Gasteiger partial charge in [0.05, 0.1) is 6.61 Å². The zero-order valence-corrected chi connectivity index (χ0v) is 11.4. The molecule has 0 saturated carbocycles. The number of piperidine rings is 1. The smallest absolute Gasteiger partial charge is 0.217 e. The van der Waals surface area contributed by atoms with Crippen molar-refractivity contribution < 1.29 is 9.90 Å². The van der Waals surface area contributed by atoms with Gasteiger partial charge in [0.2, 0.25) is 5.91 Å². The predicted octanol–water partition coefficient (Wildman–Crippen LogP) is 1.58. The second-order valence-corrected chi connectivity index (χ2v) is 5.37. The molecule has 1 heterocycles. The van der Waals surface area contributed by atoms with E-state index in [9.17, 15) is 9.90 Å². The zero-order chi connectivity index (χ0) is 13.8. The molecule has 1 aliphatic rings. The maximum absolute atomic E-state index is 10.9. The summed E-state index contributed by atoms with van der Waals surface area (Å²) >= 11 is 0. The number of aliphatic hydroxyl groups is 1. The number of anilines is 1. The van der Waals surface area contributed by atoms with Crippen LogP contribution in [0.25, 0.3) is 0 Å². The minimum absolute atomic E-state index is 0.0901. The lowest BCUT2D eigenvalue weighted by atomic mass is 9.93. The van der Waals surface area contributed by atoms with Gasteiger partial charge in [0.25, 0.3) is 0 Å². The van der Waals surface area contributed by atoms with Crippen molar-refractivity contribution in [2.24, 2.45) is 11.7 Å². The minimum Gasteiger partial charge on any atom is -0.392 e. The zero-order valence-electron chi connectivity index (χ0n) is 11.4. The molecular formula is C15H22N2O2. The molecule has 4 heteroatoms. The number of nitrogens with zero attached hydrogens (tertiary/aromatic N) is 1. The van der Waals surface area contributed by atoms with Gasteiger partial charge in [0, 0.05) is 25.2 Å². The van der Waals surface area contributed by atoms with Gasteiger partial charge in [-0.05, 0) is 48.9 Å². The number of nitrogens with two attached hydrogens (primary N) is 1. The highest BCUT2D eigenvalue weighted by molar-refractivity contribution is 5.74. The Balaban J connectivity index is 1.97. The molecule has 1 amide bonds. The quantitative estimate of drug-likeness (QED) is 0.865. The molecule has 0 unspecified atom stereocenters. The van der Waals surface area contributed by atoms with Gasteiger partial charge >= 0.3 is 0 Å². The second kappa shape index (κ2) is 6.06. The SMILES string of the molecule is Cc1cc(N2CCC(CC(N)=O)CC2)ccc1CO. The molecule has 0 radical (unpaired) electrons. The van der Waals surface area contributed by atoms with Gasteiger partial charge in [-0.3, -0.25) is 4.79 Å². The highest BCUT2D eigenvalue weighted by Gasteiger charge is 2.21. The molecule has 1 aromatic carbocycles. The van der Waals surface area contributed by atoms with E-state index < -0.39 is 0 Å². The number of benzene rings is 1. The molecule has 4 nitrogen and oxygen atoms in total. The van der Waals surface area contributed by atoms with Gasteiger partial charge in [0.15, 0.2) is 0 Å². The fraction of sp³-hybridized carbons (Fsp3) is 0.533. The van der Waals surface area contributed by atoms with E-state index in [1.54, 1.807) is 0 Å². The summed E-state index contributed by atoms with van der Waals surface area (Å²) in [5, 5.41) is 9.18. The van der Waals surface area contributed by atoms with E-state index in [4.69, 9.17) is 5.73 Å². The molecule has 0 atom stereocenters. The average Bonchev–Trinajstić information content (AvgIpc) is 2.39. The number of primary amides is 1. The summed E-state index contributed by atoms with van der Waals surface area (Å²) in [4.78, 5) is 13.3. The van der Waals surface area contributed by atoms with Crippen molar-refractivity contribution in [3.05, 3.63) is 29.3 Å². The number of carbonyl (C=O) groups excluding carboxylic acids is 1. The van der Waals surface area contributed by atoms with Gasteiger partial charge in [0.1, 0.15) is 0 Å². The van der Waals surface area contributed by atoms with Gasteiger partial charge in [-0.1, -0.05) is 6.07 Å². The van der Waals surface area contributed by atoms with Crippen LogP contribution in [0.3, 0.4) is 0 Å². The minimum atomic E-state index is -0.193. The third-order valence-corrected chi connectivity index (χ3v) is 3.97. The maximum atomic E-state index is 10.9. The van der Waals surface area contributed by atoms with Crippen LogP contribution < -0.4 is 10.6 Å². The van der Waals surface area contributed by atoms with E-state index in [2.05, 4.69) is 17.0 Å². The first-order valence-corrected chi connectivity index (χ1v) is 6.83. The Labute approximate surface area is 114 Å². The molecular weight excluding hydrogens is 240 g/mol. The molecule has 104 valence electrons. The highest BCUT2D eigenvalue weighted by Crippen LogP contribution is 2.26. The van der Waals surface area contributed by atoms with Crippen LogP contribution in [0.15, 0.2) is 18.2 Å². The van der Waals surface area contributed by atoms with Crippen LogP contribution in [0.2, 0.25) is 0 Å². The maximum Gasteiger partial charge on any atom is 0.217 e. The van der Waals surface area contributed by atoms with Crippen LogP contribution in [-0.2, 0) is 11.4 Å². The summed E-state index contributed by atoms with van der Waals surface area (Å²) in [6, 6.07) is 6.17. The van der Waals surface area contributed by atoms with Crippen LogP contribution in [0.1, 0.15) is 30.4 Å². The Kier molecular flexibility index (Phi) is 4.43. The number of hydrogen-bond acceptors (Lipinski definition) is 3. The molecule has 2 rings (SSSR count). The van der Waals surface area contributed by atoms with E-state index in [0.29, 0.717) is 12.3 Å². The number of aryl methyl sites for hydroxylation is 1. The van der Waals surface area contributed by atoms with E-state index in [1.165, 1.54) is 5.69 Å². The van der Waals surface area contributed by atoms with Crippen LogP contribution in [0.4, 0.5) is 5.69 Å². The molecule has 0 bridgehead atoms. The standard InChI is InChI=1S/C15H22N2O2/c1-11-8-14(3-2-13(11)10-18)17-6-4-12(5-7-17)9-15(16)19/h2-3,8,12,18H,4-7,9-10H2,1H3,(H2,16,19). The molecule has 1 fully saturated rings. The van der Waals surface area contributed by atoms with E-state index >= 15 is 0 Å². The molecule has 1 aromatic rings. The predicted molar refractivity (Wildman–Crippen MR) is 75.9 cm³/mol. The first-order chi connectivity index (χ1) is 9.10. The topological polar surface area (TPSA) is 66.6 Å². The lowest BCUT2D eigenvalue weighted by Gasteiger charge is -2.33. The number of aliphatic hydroxyl groups excluding tert-OH is 1. The third kappa shape index (κ3) is 3.47. The summed E-state index contributed by atoms with van der Waals surface area (Å²) in [6.07, 6.45) is 2.55. The molecule has 19 heavy (non-hydrogen) atoms. The average molecular weight is 262 g/mol. The summed E-state index contributed by atoms with van der Waals surface area (Å²) in [6.45, 7) is 4.05. The molecule has 3 N–H and O–H groups in total. The summed E-state index contributed by atoms with van der Waals surface area (Å²) in [5.41, 5.74) is 8.55. The van der Waals surface area contributed by atoms with Gasteiger partial charge in [-0.25, -0.2) is 0 Å². The normalized spacial score (nSPS) is 16.6. The molecule has 1 aliphatic heterocycles. The fourth-order valence-electron chi connectivity index (χ4n) is 2.73. The monoisotopic (exact) mass is 262 g/mol. The van der Waals surface area contributed by atoms with Crippen molar-refractivity contribution in [1.29, 1.82) is 0 Å². The van der Waals surface area contributed by atoms with Gasteiger partial charge in [-0.2, -0.15) is 0 Å². The Morgan fingerprint density at radius 3 is 2.63 bits per heavy atom. The lowest BCUT2D eigenvalue weighted by Crippen LogP contribution is -2.35. The van der Waals surface area contributed by atoms with Crippen molar-refractivity contribution in [2.75, 3.05) is 18.0 Å². The molecule has 0 spiro atoms. The van der Waals surface area contributed by atoms with E-state index in [1.807, 2.05) is 13.0 Å². The highest BCUT2D eigenvalue weighted by atomic mass is 16.3.